The lowest BCUT2D eigenvalue weighted by Crippen LogP contribution is -2.18. The highest BCUT2D eigenvalue weighted by Crippen LogP contribution is 2.29. The van der Waals surface area contributed by atoms with Crippen molar-refractivity contribution in [2.45, 2.75) is 19.4 Å². The molecule has 2 aromatic carbocycles. The molecule has 1 aliphatic heterocycles. The molecule has 0 unspecified atom stereocenters. The Bertz CT molecular complexity index is 1210. The van der Waals surface area contributed by atoms with Gasteiger partial charge in [0, 0.05) is 37.6 Å². The molecule has 0 aliphatic carbocycles. The molecule has 0 spiro atoms. The van der Waals surface area contributed by atoms with E-state index >= 15 is 0 Å². The molecule has 1 aliphatic rings. The molecule has 3 heterocycles. The van der Waals surface area contributed by atoms with Gasteiger partial charge < -0.3 is 25.5 Å². The molecule has 0 radical (unpaired) electrons. The van der Waals surface area contributed by atoms with Gasteiger partial charge in [-0.3, -0.25) is 4.79 Å². The van der Waals surface area contributed by atoms with E-state index in [1.165, 1.54) is 6.39 Å². The molecule has 10 nitrogen and oxygen atoms in total. The number of aromatic nitrogens is 4. The Morgan fingerprint density at radius 2 is 1.97 bits per heavy atom. The minimum atomic E-state index is 0.0438. The quantitative estimate of drug-likeness (QED) is 0.352. The van der Waals surface area contributed by atoms with Gasteiger partial charge in [-0.2, -0.15) is 4.98 Å². The zero-order valence-corrected chi connectivity index (χ0v) is 17.9. The van der Waals surface area contributed by atoms with E-state index in [1.54, 1.807) is 6.20 Å². The van der Waals surface area contributed by atoms with E-state index < -0.39 is 0 Å². The number of carbonyl (C=O) groups excluding carboxylic acids is 1. The Hall–Kier alpha value is -4.31. The number of hydrogen-bond donors (Lipinski definition) is 4. The highest BCUT2D eigenvalue weighted by molar-refractivity contribution is 5.94. The van der Waals surface area contributed by atoms with Gasteiger partial charge in [-0.1, -0.05) is 30.3 Å². The summed E-state index contributed by atoms with van der Waals surface area (Å²) in [5.41, 5.74) is 4.50. The van der Waals surface area contributed by atoms with Crippen LogP contribution in [0.4, 0.5) is 23.1 Å². The average molecular weight is 445 g/mol. The molecule has 0 bridgehead atoms. The van der Waals surface area contributed by atoms with E-state index in [0.717, 1.165) is 29.6 Å². The third kappa shape index (κ3) is 5.31. The molecular formula is C23H23N7O3. The smallest absolute Gasteiger partial charge is 0.252 e. The topological polar surface area (TPSA) is 138 Å². The fourth-order valence-electron chi connectivity index (χ4n) is 3.40. The van der Waals surface area contributed by atoms with Gasteiger partial charge in [0.2, 0.25) is 18.2 Å². The molecule has 0 fully saturated rings. The number of benzene rings is 2. The number of amides is 1. The van der Waals surface area contributed by atoms with Crippen molar-refractivity contribution in [2.24, 2.45) is 0 Å². The van der Waals surface area contributed by atoms with Crippen LogP contribution in [0.25, 0.3) is 11.5 Å². The van der Waals surface area contributed by atoms with Crippen molar-refractivity contribution >= 4 is 29.0 Å². The standard InChI is InChI=1S/C22H19N7O2.CH4O/c30-19-9-6-15-10-16(7-8-18(15)27-19)26-22-24-12-17(21-29-25-13-31-21)20(28-22)23-11-14-4-2-1-3-5-14;1-2/h1-5,7-8,10,12-13H,6,9,11H2,(H,27,30)(H2,23,24,26,28);2H,1H3. The first-order valence-corrected chi connectivity index (χ1v) is 10.3. The van der Waals surface area contributed by atoms with Crippen LogP contribution < -0.4 is 16.0 Å². The first-order chi connectivity index (χ1) is 16.2. The number of hydrogen-bond acceptors (Lipinski definition) is 9. The molecule has 4 aromatic rings. The molecule has 5 rings (SSSR count). The first-order valence-electron chi connectivity index (χ1n) is 10.3. The van der Waals surface area contributed by atoms with Crippen molar-refractivity contribution in [1.29, 1.82) is 0 Å². The molecule has 33 heavy (non-hydrogen) atoms. The molecular weight excluding hydrogens is 422 g/mol. The van der Waals surface area contributed by atoms with Crippen LogP contribution in [0.5, 0.6) is 0 Å². The van der Waals surface area contributed by atoms with Crippen LogP contribution in [0.1, 0.15) is 17.5 Å². The number of carbonyl (C=O) groups is 1. The summed E-state index contributed by atoms with van der Waals surface area (Å²) in [4.78, 5) is 20.6. The Balaban J connectivity index is 0.00000126. The first kappa shape index (κ1) is 21.9. The van der Waals surface area contributed by atoms with Crippen LogP contribution >= 0.6 is 0 Å². The summed E-state index contributed by atoms with van der Waals surface area (Å²) in [6.45, 7) is 0.580. The molecule has 4 N–H and O–H groups in total. The second-order valence-corrected chi connectivity index (χ2v) is 7.08. The Morgan fingerprint density at radius 3 is 2.76 bits per heavy atom. The fraction of sp³-hybridized carbons (Fsp3) is 0.174. The van der Waals surface area contributed by atoms with Crippen LogP contribution in [0, 0.1) is 0 Å². The van der Waals surface area contributed by atoms with Gasteiger partial charge >= 0.3 is 0 Å². The number of anilines is 4. The van der Waals surface area contributed by atoms with Crippen molar-refractivity contribution in [2.75, 3.05) is 23.1 Å². The SMILES string of the molecule is CO.O=C1CCc2cc(Nc3ncc(-c4nnco4)c(NCc4ccccc4)n3)ccc2N1. The average Bonchev–Trinajstić information content (AvgIpc) is 3.40. The predicted molar refractivity (Wildman–Crippen MR) is 124 cm³/mol. The Labute approximate surface area is 190 Å². The molecule has 0 saturated carbocycles. The van der Waals surface area contributed by atoms with Crippen molar-refractivity contribution < 1.29 is 14.3 Å². The van der Waals surface area contributed by atoms with Crippen LogP contribution in [0.15, 0.2) is 65.5 Å². The number of nitrogens with zero attached hydrogens (tertiary/aromatic N) is 4. The Kier molecular flexibility index (Phi) is 6.86. The van der Waals surface area contributed by atoms with E-state index in [-0.39, 0.29) is 5.91 Å². The van der Waals surface area contributed by atoms with E-state index in [4.69, 9.17) is 9.52 Å². The van der Waals surface area contributed by atoms with E-state index in [9.17, 15) is 4.79 Å². The zero-order chi connectivity index (χ0) is 23.0. The number of rotatable bonds is 6. The van der Waals surface area contributed by atoms with Crippen LogP contribution in [0.3, 0.4) is 0 Å². The van der Waals surface area contributed by atoms with Gasteiger partial charge in [0.05, 0.1) is 5.56 Å². The van der Waals surface area contributed by atoms with Gasteiger partial charge in [-0.15, -0.1) is 10.2 Å². The third-order valence-corrected chi connectivity index (χ3v) is 4.94. The number of aliphatic hydroxyl groups is 1. The maximum absolute atomic E-state index is 11.6. The van der Waals surface area contributed by atoms with Crippen molar-refractivity contribution in [3.8, 4) is 11.5 Å². The summed E-state index contributed by atoms with van der Waals surface area (Å²) in [7, 11) is 1.00. The minimum absolute atomic E-state index is 0.0438. The normalized spacial score (nSPS) is 12.1. The van der Waals surface area contributed by atoms with Crippen molar-refractivity contribution in [3.63, 3.8) is 0 Å². The Morgan fingerprint density at radius 1 is 1.12 bits per heavy atom. The zero-order valence-electron chi connectivity index (χ0n) is 17.9. The van der Waals surface area contributed by atoms with Gasteiger partial charge in [0.25, 0.3) is 5.89 Å². The number of aliphatic hydroxyl groups excluding tert-OH is 1. The maximum Gasteiger partial charge on any atom is 0.252 e. The van der Waals surface area contributed by atoms with Gasteiger partial charge in [0.15, 0.2) is 0 Å². The molecule has 1 amide bonds. The largest absolute Gasteiger partial charge is 0.423 e. The van der Waals surface area contributed by atoms with E-state index in [1.807, 2.05) is 48.5 Å². The predicted octanol–water partition coefficient (Wildman–Crippen LogP) is 3.38. The second kappa shape index (κ2) is 10.3. The monoisotopic (exact) mass is 445 g/mol. The maximum atomic E-state index is 11.6. The second-order valence-electron chi connectivity index (χ2n) is 7.08. The molecule has 10 heteroatoms. The lowest BCUT2D eigenvalue weighted by atomic mass is 10.0. The lowest BCUT2D eigenvalue weighted by molar-refractivity contribution is -0.116. The number of fused-ring (bicyclic) bond motifs is 1. The lowest BCUT2D eigenvalue weighted by Gasteiger charge is -2.18. The van der Waals surface area contributed by atoms with Crippen LogP contribution in [-0.4, -0.2) is 38.3 Å². The van der Waals surface area contributed by atoms with E-state index in [2.05, 4.69) is 36.1 Å². The summed E-state index contributed by atoms with van der Waals surface area (Å²) in [5.74, 6) is 1.39. The summed E-state index contributed by atoms with van der Waals surface area (Å²) in [6.07, 6.45) is 4.11. The minimum Gasteiger partial charge on any atom is -0.423 e. The highest BCUT2D eigenvalue weighted by atomic mass is 16.4. The number of nitrogens with one attached hydrogen (secondary N) is 3. The van der Waals surface area contributed by atoms with Gasteiger partial charge in [-0.05, 0) is 35.7 Å². The summed E-state index contributed by atoms with van der Waals surface area (Å²) < 4.78 is 5.34. The van der Waals surface area contributed by atoms with Crippen molar-refractivity contribution in [3.05, 3.63) is 72.2 Å². The summed E-state index contributed by atoms with van der Waals surface area (Å²) in [5, 5.41) is 24.2. The van der Waals surface area contributed by atoms with E-state index in [0.29, 0.717) is 42.6 Å². The highest BCUT2D eigenvalue weighted by Gasteiger charge is 2.16. The van der Waals surface area contributed by atoms with Gasteiger partial charge in [0.1, 0.15) is 5.82 Å². The summed E-state index contributed by atoms with van der Waals surface area (Å²) >= 11 is 0. The third-order valence-electron chi connectivity index (χ3n) is 4.94. The van der Waals surface area contributed by atoms with Gasteiger partial charge in [-0.25, -0.2) is 4.98 Å². The number of aryl methyl sites for hydroxylation is 1. The molecule has 168 valence electrons. The van der Waals surface area contributed by atoms with Crippen LogP contribution in [0.2, 0.25) is 0 Å². The fourth-order valence-corrected chi connectivity index (χ4v) is 3.40. The molecule has 2 aromatic heterocycles. The molecule has 0 saturated heterocycles. The van der Waals surface area contributed by atoms with Crippen LogP contribution in [-0.2, 0) is 17.8 Å². The van der Waals surface area contributed by atoms with Crippen molar-refractivity contribution in [1.82, 2.24) is 20.2 Å². The molecule has 0 atom stereocenters. The summed E-state index contributed by atoms with van der Waals surface area (Å²) in [6, 6.07) is 15.8.